The zero-order chi connectivity index (χ0) is 9.97. The minimum Gasteiger partial charge on any atom is -0.388 e. The molecule has 0 unspecified atom stereocenters. The smallest absolute Gasteiger partial charge is 0.134 e. The van der Waals surface area contributed by atoms with Gasteiger partial charge in [-0.2, -0.15) is 0 Å². The largest absolute Gasteiger partial charge is 0.388 e. The lowest BCUT2D eigenvalue weighted by Gasteiger charge is -2.02. The van der Waals surface area contributed by atoms with Gasteiger partial charge in [0.25, 0.3) is 0 Å². The van der Waals surface area contributed by atoms with Gasteiger partial charge in [0.1, 0.15) is 12.4 Å². The number of aliphatic hydroxyl groups is 1. The summed E-state index contributed by atoms with van der Waals surface area (Å²) in [6.07, 6.45) is 3.53. The van der Waals surface area contributed by atoms with Crippen LogP contribution in [0.5, 0.6) is 0 Å². The predicted molar refractivity (Wildman–Crippen MR) is 56.6 cm³/mol. The van der Waals surface area contributed by atoms with Crippen LogP contribution in [0.25, 0.3) is 0 Å². The summed E-state index contributed by atoms with van der Waals surface area (Å²) >= 11 is 7.36. The average Bonchev–Trinajstić information content (AvgIpc) is 2.76. The van der Waals surface area contributed by atoms with E-state index >= 15 is 0 Å². The van der Waals surface area contributed by atoms with Crippen molar-refractivity contribution in [1.29, 1.82) is 0 Å². The quantitative estimate of drug-likeness (QED) is 0.874. The van der Waals surface area contributed by atoms with Crippen LogP contribution < -0.4 is 0 Å². The Morgan fingerprint density at radius 3 is 3.00 bits per heavy atom. The van der Waals surface area contributed by atoms with E-state index in [0.717, 1.165) is 9.21 Å². The molecule has 2 rings (SSSR count). The number of nitrogens with zero attached hydrogens (tertiary/aromatic N) is 2. The van der Waals surface area contributed by atoms with Gasteiger partial charge < -0.3 is 9.67 Å². The first-order chi connectivity index (χ1) is 6.79. The Labute approximate surface area is 90.6 Å². The van der Waals surface area contributed by atoms with Crippen LogP contribution in [0.2, 0.25) is 4.34 Å². The Kier molecular flexibility index (Phi) is 2.86. The molecule has 0 saturated heterocycles. The van der Waals surface area contributed by atoms with Crippen LogP contribution in [-0.4, -0.2) is 14.7 Å². The molecule has 0 fully saturated rings. The van der Waals surface area contributed by atoms with E-state index in [2.05, 4.69) is 4.98 Å². The molecule has 0 aliphatic rings. The van der Waals surface area contributed by atoms with E-state index < -0.39 is 0 Å². The lowest BCUT2D eigenvalue weighted by molar-refractivity contribution is 0.266. The van der Waals surface area contributed by atoms with Crippen molar-refractivity contribution in [1.82, 2.24) is 9.55 Å². The third kappa shape index (κ3) is 1.97. The van der Waals surface area contributed by atoms with E-state index in [0.29, 0.717) is 12.4 Å². The van der Waals surface area contributed by atoms with Gasteiger partial charge in [0.05, 0.1) is 10.9 Å². The Morgan fingerprint density at radius 1 is 1.50 bits per heavy atom. The first-order valence-corrected chi connectivity index (χ1v) is 5.34. The number of hydrogen-bond acceptors (Lipinski definition) is 3. The van der Waals surface area contributed by atoms with Crippen LogP contribution in [0, 0.1) is 0 Å². The molecule has 0 spiro atoms. The van der Waals surface area contributed by atoms with Gasteiger partial charge in [-0.3, -0.25) is 0 Å². The summed E-state index contributed by atoms with van der Waals surface area (Å²) in [6, 6.07) is 3.85. The number of halogens is 1. The normalized spacial score (nSPS) is 10.7. The summed E-state index contributed by atoms with van der Waals surface area (Å²) in [4.78, 5) is 5.18. The van der Waals surface area contributed by atoms with Crippen LogP contribution in [0.1, 0.15) is 10.7 Å². The van der Waals surface area contributed by atoms with Gasteiger partial charge in [0.2, 0.25) is 0 Å². The topological polar surface area (TPSA) is 38.1 Å². The Morgan fingerprint density at radius 2 is 2.36 bits per heavy atom. The lowest BCUT2D eigenvalue weighted by atomic mass is 10.4. The molecule has 2 aromatic rings. The molecule has 2 heterocycles. The molecule has 0 atom stereocenters. The van der Waals surface area contributed by atoms with Crippen molar-refractivity contribution >= 4 is 22.9 Å². The van der Waals surface area contributed by atoms with E-state index in [-0.39, 0.29) is 6.61 Å². The summed E-state index contributed by atoms with van der Waals surface area (Å²) in [5.74, 6) is 0.675. The molecule has 0 aliphatic carbocycles. The second-order valence-electron chi connectivity index (χ2n) is 2.84. The maximum Gasteiger partial charge on any atom is 0.134 e. The van der Waals surface area contributed by atoms with Crippen LogP contribution in [-0.2, 0) is 13.2 Å². The summed E-state index contributed by atoms with van der Waals surface area (Å²) in [5, 5.41) is 8.98. The number of aliphatic hydroxyl groups excluding tert-OH is 1. The summed E-state index contributed by atoms with van der Waals surface area (Å²) < 4.78 is 2.69. The van der Waals surface area contributed by atoms with Gasteiger partial charge in [-0.25, -0.2) is 4.98 Å². The fourth-order valence-electron chi connectivity index (χ4n) is 1.24. The monoisotopic (exact) mass is 228 g/mol. The van der Waals surface area contributed by atoms with Crippen molar-refractivity contribution < 1.29 is 5.11 Å². The SMILES string of the molecule is OCc1nccn1Cc1ccc(Cl)s1. The van der Waals surface area contributed by atoms with Crippen LogP contribution in [0.4, 0.5) is 0 Å². The van der Waals surface area contributed by atoms with Gasteiger partial charge >= 0.3 is 0 Å². The Balaban J connectivity index is 2.18. The van der Waals surface area contributed by atoms with Crippen LogP contribution in [0.15, 0.2) is 24.5 Å². The van der Waals surface area contributed by atoms with Crippen LogP contribution >= 0.6 is 22.9 Å². The van der Waals surface area contributed by atoms with Crippen molar-refractivity contribution in [3.8, 4) is 0 Å². The molecule has 14 heavy (non-hydrogen) atoms. The van der Waals surface area contributed by atoms with Crippen molar-refractivity contribution in [2.75, 3.05) is 0 Å². The van der Waals surface area contributed by atoms with Gasteiger partial charge in [-0.1, -0.05) is 11.6 Å². The Hall–Kier alpha value is -0.840. The first-order valence-electron chi connectivity index (χ1n) is 4.14. The molecule has 74 valence electrons. The standard InChI is InChI=1S/C9H9ClN2OS/c10-8-2-1-7(14-8)5-12-4-3-11-9(12)6-13/h1-4,13H,5-6H2. The van der Waals surface area contributed by atoms with E-state index in [4.69, 9.17) is 16.7 Å². The average molecular weight is 229 g/mol. The molecular formula is C9H9ClN2OS. The second-order valence-corrected chi connectivity index (χ2v) is 4.63. The number of aromatic nitrogens is 2. The highest BCUT2D eigenvalue weighted by Gasteiger charge is 2.03. The number of imidazole rings is 1. The maximum atomic E-state index is 8.98. The number of thiophene rings is 1. The molecule has 0 saturated carbocycles. The van der Waals surface area contributed by atoms with Crippen LogP contribution in [0.3, 0.4) is 0 Å². The molecule has 0 amide bonds. The minimum absolute atomic E-state index is 0.0356. The molecule has 1 N–H and O–H groups in total. The highest BCUT2D eigenvalue weighted by Crippen LogP contribution is 2.22. The molecule has 0 bridgehead atoms. The Bertz CT molecular complexity index is 424. The van der Waals surface area contributed by atoms with Crippen molar-refractivity contribution in [2.45, 2.75) is 13.2 Å². The van der Waals surface area contributed by atoms with E-state index in [1.165, 1.54) is 0 Å². The van der Waals surface area contributed by atoms with Gasteiger partial charge in [-0.15, -0.1) is 11.3 Å². The highest BCUT2D eigenvalue weighted by atomic mass is 35.5. The first kappa shape index (κ1) is 9.71. The summed E-state index contributed by atoms with van der Waals surface area (Å²) in [7, 11) is 0. The van der Waals surface area contributed by atoms with E-state index in [1.54, 1.807) is 17.5 Å². The molecular weight excluding hydrogens is 220 g/mol. The van der Waals surface area contributed by atoms with Gasteiger partial charge in [0.15, 0.2) is 0 Å². The zero-order valence-electron chi connectivity index (χ0n) is 7.35. The highest BCUT2D eigenvalue weighted by molar-refractivity contribution is 7.16. The molecule has 3 nitrogen and oxygen atoms in total. The molecule has 0 aromatic carbocycles. The van der Waals surface area contributed by atoms with Crippen molar-refractivity contribution in [2.24, 2.45) is 0 Å². The number of hydrogen-bond donors (Lipinski definition) is 1. The number of rotatable bonds is 3. The maximum absolute atomic E-state index is 8.98. The molecule has 0 aliphatic heterocycles. The lowest BCUT2D eigenvalue weighted by Crippen LogP contribution is -2.02. The molecule has 5 heteroatoms. The zero-order valence-corrected chi connectivity index (χ0v) is 8.92. The fraction of sp³-hybridized carbons (Fsp3) is 0.222. The fourth-order valence-corrected chi connectivity index (χ4v) is 2.33. The third-order valence-corrected chi connectivity index (χ3v) is 3.11. The van der Waals surface area contributed by atoms with Crippen molar-refractivity contribution in [3.63, 3.8) is 0 Å². The molecule has 2 aromatic heterocycles. The second kappa shape index (κ2) is 4.13. The minimum atomic E-state index is -0.0356. The summed E-state index contributed by atoms with van der Waals surface area (Å²) in [5.41, 5.74) is 0. The predicted octanol–water partition coefficient (Wildman–Crippen LogP) is 2.14. The van der Waals surface area contributed by atoms with E-state index in [9.17, 15) is 0 Å². The van der Waals surface area contributed by atoms with Crippen molar-refractivity contribution in [3.05, 3.63) is 39.6 Å². The summed E-state index contributed by atoms with van der Waals surface area (Å²) in [6.45, 7) is 0.680. The van der Waals surface area contributed by atoms with Gasteiger partial charge in [-0.05, 0) is 12.1 Å². The van der Waals surface area contributed by atoms with Gasteiger partial charge in [0, 0.05) is 17.3 Å². The third-order valence-electron chi connectivity index (χ3n) is 1.90. The van der Waals surface area contributed by atoms with E-state index in [1.807, 2.05) is 22.9 Å². The molecule has 0 radical (unpaired) electrons.